The maximum Gasteiger partial charge on any atom is 0.417 e. The van der Waals surface area contributed by atoms with Gasteiger partial charge in [0.2, 0.25) is 0 Å². The molecule has 3 saturated carbocycles. The standard InChI is InChI=1S/C13H11F3INO/c14-13(15,16)9-3-8(1-2-10(9)17)11(19)18-12-4-7(5-12)6-12/h1-3,7H,4-6H2,(H,18,19). The van der Waals surface area contributed by atoms with Crippen LogP contribution in [0.4, 0.5) is 13.2 Å². The molecule has 0 unspecified atom stereocenters. The number of hydrogen-bond acceptors (Lipinski definition) is 1. The van der Waals surface area contributed by atoms with E-state index in [0.717, 1.165) is 25.3 Å². The minimum atomic E-state index is -4.43. The minimum absolute atomic E-state index is 0.0810. The summed E-state index contributed by atoms with van der Waals surface area (Å²) in [6, 6.07) is 3.71. The molecule has 0 heterocycles. The molecule has 3 fully saturated rings. The van der Waals surface area contributed by atoms with Crippen molar-refractivity contribution in [2.75, 3.05) is 0 Å². The number of alkyl halides is 3. The van der Waals surface area contributed by atoms with Crippen molar-refractivity contribution in [3.05, 3.63) is 32.9 Å². The smallest absolute Gasteiger partial charge is 0.347 e. The van der Waals surface area contributed by atoms with E-state index in [1.165, 1.54) is 12.1 Å². The van der Waals surface area contributed by atoms with Crippen molar-refractivity contribution < 1.29 is 18.0 Å². The summed E-state index contributed by atoms with van der Waals surface area (Å²) >= 11 is 1.63. The largest absolute Gasteiger partial charge is 0.417 e. The lowest BCUT2D eigenvalue weighted by molar-refractivity contribution is -0.138. The Balaban J connectivity index is 1.82. The molecule has 0 atom stereocenters. The van der Waals surface area contributed by atoms with Crippen LogP contribution in [0.2, 0.25) is 0 Å². The predicted octanol–water partition coefficient (Wildman–Crippen LogP) is 3.59. The first kappa shape index (κ1) is 13.2. The number of halogens is 4. The molecule has 1 aromatic carbocycles. The van der Waals surface area contributed by atoms with Crippen LogP contribution >= 0.6 is 22.6 Å². The maximum atomic E-state index is 12.8. The van der Waals surface area contributed by atoms with Gasteiger partial charge in [-0.3, -0.25) is 4.79 Å². The topological polar surface area (TPSA) is 29.1 Å². The second-order valence-electron chi connectivity index (χ2n) is 5.41. The van der Waals surface area contributed by atoms with E-state index >= 15 is 0 Å². The van der Waals surface area contributed by atoms with Gasteiger partial charge in [-0.15, -0.1) is 0 Å². The molecule has 19 heavy (non-hydrogen) atoms. The highest BCUT2D eigenvalue weighted by Crippen LogP contribution is 2.57. The van der Waals surface area contributed by atoms with Crippen LogP contribution in [0, 0.1) is 9.49 Å². The fourth-order valence-corrected chi connectivity index (χ4v) is 3.47. The number of nitrogens with one attached hydrogen (secondary N) is 1. The van der Waals surface area contributed by atoms with Crippen LogP contribution in [0.25, 0.3) is 0 Å². The molecular weight excluding hydrogens is 370 g/mol. The van der Waals surface area contributed by atoms with Gasteiger partial charge in [0.05, 0.1) is 5.56 Å². The van der Waals surface area contributed by atoms with Crippen LogP contribution in [0.3, 0.4) is 0 Å². The van der Waals surface area contributed by atoms with Crippen molar-refractivity contribution in [2.45, 2.75) is 31.0 Å². The number of hydrogen-bond donors (Lipinski definition) is 1. The quantitative estimate of drug-likeness (QED) is 0.780. The van der Waals surface area contributed by atoms with Gasteiger partial charge in [0.25, 0.3) is 5.91 Å². The van der Waals surface area contributed by atoms with Gasteiger partial charge in [-0.05, 0) is 66.0 Å². The summed E-state index contributed by atoms with van der Waals surface area (Å²) < 4.78 is 38.4. The molecule has 6 heteroatoms. The Morgan fingerprint density at radius 1 is 1.32 bits per heavy atom. The van der Waals surface area contributed by atoms with Gasteiger partial charge in [-0.2, -0.15) is 13.2 Å². The first-order chi connectivity index (χ1) is 8.79. The molecule has 3 aliphatic rings. The molecule has 0 aromatic heterocycles. The van der Waals surface area contributed by atoms with Gasteiger partial charge in [-0.25, -0.2) is 0 Å². The zero-order valence-corrected chi connectivity index (χ0v) is 12.0. The monoisotopic (exact) mass is 381 g/mol. The molecule has 0 radical (unpaired) electrons. The van der Waals surface area contributed by atoms with Gasteiger partial charge in [0.1, 0.15) is 0 Å². The number of benzene rings is 1. The Labute approximate surface area is 121 Å². The number of rotatable bonds is 2. The van der Waals surface area contributed by atoms with Crippen LogP contribution in [0.1, 0.15) is 35.2 Å². The first-order valence-corrected chi connectivity index (χ1v) is 7.06. The number of carbonyl (C=O) groups excluding carboxylic acids is 1. The molecule has 4 rings (SSSR count). The van der Waals surface area contributed by atoms with Crippen LogP contribution < -0.4 is 5.32 Å². The summed E-state index contributed by atoms with van der Waals surface area (Å²) in [5.74, 6) is 0.308. The lowest BCUT2D eigenvalue weighted by Gasteiger charge is -2.61. The molecule has 102 valence electrons. The van der Waals surface area contributed by atoms with Gasteiger partial charge in [-0.1, -0.05) is 0 Å². The fraction of sp³-hybridized carbons (Fsp3) is 0.462. The van der Waals surface area contributed by atoms with Gasteiger partial charge < -0.3 is 5.32 Å². The average molecular weight is 381 g/mol. The lowest BCUT2D eigenvalue weighted by Crippen LogP contribution is -2.68. The van der Waals surface area contributed by atoms with E-state index in [-0.39, 0.29) is 14.7 Å². The van der Waals surface area contributed by atoms with Crippen molar-refractivity contribution in [3.63, 3.8) is 0 Å². The number of amides is 1. The van der Waals surface area contributed by atoms with E-state index in [9.17, 15) is 18.0 Å². The minimum Gasteiger partial charge on any atom is -0.347 e. The molecule has 0 saturated heterocycles. The Morgan fingerprint density at radius 3 is 2.42 bits per heavy atom. The van der Waals surface area contributed by atoms with E-state index in [2.05, 4.69) is 5.32 Å². The first-order valence-electron chi connectivity index (χ1n) is 5.98. The summed E-state index contributed by atoms with van der Waals surface area (Å²) in [5.41, 5.74) is -0.792. The van der Waals surface area contributed by atoms with E-state index < -0.39 is 17.6 Å². The normalized spacial score (nSPS) is 28.3. The summed E-state index contributed by atoms with van der Waals surface area (Å²) in [6.45, 7) is 0. The second kappa shape index (κ2) is 4.10. The Morgan fingerprint density at radius 2 is 1.95 bits per heavy atom. The summed E-state index contributed by atoms with van der Waals surface area (Å²) in [7, 11) is 0. The highest BCUT2D eigenvalue weighted by atomic mass is 127. The second-order valence-corrected chi connectivity index (χ2v) is 6.57. The lowest BCUT2D eigenvalue weighted by atomic mass is 9.50. The molecule has 1 N–H and O–H groups in total. The Bertz CT molecular complexity index is 538. The van der Waals surface area contributed by atoms with Crippen molar-refractivity contribution >= 4 is 28.5 Å². The van der Waals surface area contributed by atoms with Crippen LogP contribution in [0.15, 0.2) is 18.2 Å². The molecule has 1 amide bonds. The summed E-state index contributed by atoms with van der Waals surface area (Å²) in [4.78, 5) is 12.0. The third-order valence-corrected chi connectivity index (χ3v) is 4.89. The molecule has 0 aliphatic heterocycles. The van der Waals surface area contributed by atoms with E-state index in [4.69, 9.17) is 0 Å². The third kappa shape index (κ3) is 2.23. The molecule has 2 bridgehead atoms. The van der Waals surface area contributed by atoms with Gasteiger partial charge in [0.15, 0.2) is 0 Å². The van der Waals surface area contributed by atoms with E-state index in [1.54, 1.807) is 22.6 Å². The van der Waals surface area contributed by atoms with Crippen molar-refractivity contribution in [2.24, 2.45) is 5.92 Å². The maximum absolute atomic E-state index is 12.8. The van der Waals surface area contributed by atoms with Crippen molar-refractivity contribution in [1.29, 1.82) is 0 Å². The van der Waals surface area contributed by atoms with Gasteiger partial charge in [0, 0.05) is 14.7 Å². The summed E-state index contributed by atoms with van der Waals surface area (Å²) in [5, 5.41) is 2.86. The molecule has 1 aromatic rings. The molecule has 0 spiro atoms. The average Bonchev–Trinajstić information content (AvgIpc) is 2.20. The zero-order chi connectivity index (χ0) is 13.8. The van der Waals surface area contributed by atoms with Crippen molar-refractivity contribution in [3.8, 4) is 0 Å². The Hall–Kier alpha value is -0.790. The van der Waals surface area contributed by atoms with Crippen molar-refractivity contribution in [1.82, 2.24) is 5.32 Å². The number of carbonyl (C=O) groups is 1. The molecular formula is C13H11F3INO. The third-order valence-electron chi connectivity index (χ3n) is 3.95. The van der Waals surface area contributed by atoms with E-state index in [1.807, 2.05) is 0 Å². The highest BCUT2D eigenvalue weighted by Gasteiger charge is 2.57. The van der Waals surface area contributed by atoms with Crippen LogP contribution in [-0.4, -0.2) is 11.4 Å². The highest BCUT2D eigenvalue weighted by molar-refractivity contribution is 14.1. The Kier molecular flexibility index (Phi) is 2.85. The van der Waals surface area contributed by atoms with E-state index in [0.29, 0.717) is 5.92 Å². The predicted molar refractivity (Wildman–Crippen MR) is 71.7 cm³/mol. The van der Waals surface area contributed by atoms with Crippen LogP contribution in [0.5, 0.6) is 0 Å². The SMILES string of the molecule is O=C(NC12CC(C1)C2)c1ccc(I)c(C(F)(F)F)c1. The summed E-state index contributed by atoms with van der Waals surface area (Å²) in [6.07, 6.45) is -1.52. The van der Waals surface area contributed by atoms with Gasteiger partial charge >= 0.3 is 6.18 Å². The molecule has 3 aliphatic carbocycles. The fourth-order valence-electron chi connectivity index (χ4n) is 2.83. The molecule has 2 nitrogen and oxygen atoms in total. The zero-order valence-electron chi connectivity index (χ0n) is 9.85. The van der Waals surface area contributed by atoms with Crippen LogP contribution in [-0.2, 0) is 6.18 Å².